The van der Waals surface area contributed by atoms with Crippen LogP contribution >= 0.6 is 23.1 Å². The van der Waals surface area contributed by atoms with Gasteiger partial charge in [0.2, 0.25) is 0 Å². The van der Waals surface area contributed by atoms with Gasteiger partial charge >= 0.3 is 0 Å². The SMILES string of the molecule is O=C(NNC(=O)[C@@H](Sc1ccccc1)c1ccccc1)c1cccs1. The Morgan fingerprint density at radius 1 is 0.840 bits per heavy atom. The number of carbonyl (C=O) groups is 2. The largest absolute Gasteiger partial charge is 0.279 e. The highest BCUT2D eigenvalue weighted by atomic mass is 32.2. The maximum Gasteiger partial charge on any atom is 0.279 e. The Kier molecular flexibility index (Phi) is 5.87. The molecule has 0 saturated carbocycles. The molecule has 3 rings (SSSR count). The third kappa shape index (κ3) is 4.71. The first-order chi connectivity index (χ1) is 12.2. The predicted octanol–water partition coefficient (Wildman–Crippen LogP) is 4.04. The van der Waals surface area contributed by atoms with E-state index in [-0.39, 0.29) is 11.8 Å². The summed E-state index contributed by atoms with van der Waals surface area (Å²) in [5.41, 5.74) is 5.89. The Labute approximate surface area is 154 Å². The molecule has 0 aliphatic rings. The maximum absolute atomic E-state index is 12.7. The molecule has 0 aliphatic carbocycles. The lowest BCUT2D eigenvalue weighted by molar-refractivity contribution is -0.121. The summed E-state index contributed by atoms with van der Waals surface area (Å²) in [5.74, 6) is -0.593. The van der Waals surface area contributed by atoms with Crippen LogP contribution in [-0.2, 0) is 4.79 Å². The molecule has 1 heterocycles. The summed E-state index contributed by atoms with van der Waals surface area (Å²) in [6, 6.07) is 22.7. The molecule has 0 bridgehead atoms. The van der Waals surface area contributed by atoms with Crippen molar-refractivity contribution in [1.29, 1.82) is 0 Å². The van der Waals surface area contributed by atoms with E-state index in [1.165, 1.54) is 23.1 Å². The van der Waals surface area contributed by atoms with E-state index in [1.807, 2.05) is 66.0 Å². The van der Waals surface area contributed by atoms with Gasteiger partial charge in [-0.15, -0.1) is 23.1 Å². The second-order valence-corrected chi connectivity index (χ2v) is 7.27. The van der Waals surface area contributed by atoms with Crippen molar-refractivity contribution in [3.05, 3.63) is 88.6 Å². The van der Waals surface area contributed by atoms with Crippen molar-refractivity contribution >= 4 is 34.9 Å². The van der Waals surface area contributed by atoms with Gasteiger partial charge in [0, 0.05) is 4.90 Å². The minimum absolute atomic E-state index is 0.273. The van der Waals surface area contributed by atoms with Crippen molar-refractivity contribution in [2.24, 2.45) is 0 Å². The van der Waals surface area contributed by atoms with Gasteiger partial charge in [0.15, 0.2) is 0 Å². The number of nitrogens with one attached hydrogen (secondary N) is 2. The predicted molar refractivity (Wildman–Crippen MR) is 101 cm³/mol. The number of thioether (sulfide) groups is 1. The minimum atomic E-state index is -0.466. The molecule has 1 atom stereocenters. The van der Waals surface area contributed by atoms with Crippen LogP contribution in [0.5, 0.6) is 0 Å². The zero-order valence-electron chi connectivity index (χ0n) is 13.2. The second-order valence-electron chi connectivity index (χ2n) is 5.14. The van der Waals surface area contributed by atoms with Gasteiger partial charge in [0.25, 0.3) is 11.8 Å². The van der Waals surface area contributed by atoms with Crippen LogP contribution < -0.4 is 10.9 Å². The quantitative estimate of drug-likeness (QED) is 0.528. The second kappa shape index (κ2) is 8.50. The monoisotopic (exact) mass is 368 g/mol. The normalized spacial score (nSPS) is 11.5. The molecule has 0 saturated heterocycles. The number of hydrogen-bond acceptors (Lipinski definition) is 4. The average Bonchev–Trinajstić information content (AvgIpc) is 3.20. The lowest BCUT2D eigenvalue weighted by Gasteiger charge is -2.17. The van der Waals surface area contributed by atoms with Crippen molar-refractivity contribution in [2.75, 3.05) is 0 Å². The van der Waals surface area contributed by atoms with Crippen LogP contribution in [-0.4, -0.2) is 11.8 Å². The van der Waals surface area contributed by atoms with Crippen LogP contribution in [0.3, 0.4) is 0 Å². The standard InChI is InChI=1S/C19H16N2O2S2/c22-18(16-12-7-13-24-16)20-21-19(23)17(14-8-3-1-4-9-14)25-15-10-5-2-6-11-15/h1-13,17H,(H,20,22)(H,21,23)/t17-/m0/s1. The van der Waals surface area contributed by atoms with E-state index in [1.54, 1.807) is 12.1 Å². The Hall–Kier alpha value is -2.57. The molecule has 126 valence electrons. The number of benzene rings is 2. The summed E-state index contributed by atoms with van der Waals surface area (Å²) in [5, 5.41) is 1.35. The van der Waals surface area contributed by atoms with Crippen molar-refractivity contribution in [3.8, 4) is 0 Å². The number of rotatable bonds is 5. The van der Waals surface area contributed by atoms with Crippen LogP contribution in [0.25, 0.3) is 0 Å². The molecule has 0 radical (unpaired) electrons. The van der Waals surface area contributed by atoms with Gasteiger partial charge in [0.1, 0.15) is 5.25 Å². The molecule has 2 aromatic carbocycles. The first-order valence-corrected chi connectivity index (χ1v) is 9.40. The molecule has 0 unspecified atom stereocenters. The molecule has 0 fully saturated rings. The Morgan fingerprint density at radius 2 is 1.52 bits per heavy atom. The highest BCUT2D eigenvalue weighted by Crippen LogP contribution is 2.35. The minimum Gasteiger partial charge on any atom is -0.272 e. The van der Waals surface area contributed by atoms with Crippen molar-refractivity contribution < 1.29 is 9.59 Å². The van der Waals surface area contributed by atoms with Crippen molar-refractivity contribution in [3.63, 3.8) is 0 Å². The zero-order chi connectivity index (χ0) is 17.5. The Morgan fingerprint density at radius 3 is 2.16 bits per heavy atom. The number of amides is 2. The molecule has 1 aromatic heterocycles. The molecular weight excluding hydrogens is 352 g/mol. The number of thiophene rings is 1. The van der Waals surface area contributed by atoms with E-state index in [4.69, 9.17) is 0 Å². The summed E-state index contributed by atoms with van der Waals surface area (Å²) in [6.07, 6.45) is 0. The number of carbonyl (C=O) groups excluding carboxylic acids is 2. The van der Waals surface area contributed by atoms with Gasteiger partial charge in [0.05, 0.1) is 4.88 Å². The van der Waals surface area contributed by atoms with Crippen LogP contribution in [0, 0.1) is 0 Å². The average molecular weight is 368 g/mol. The molecule has 2 amide bonds. The van der Waals surface area contributed by atoms with Gasteiger partial charge in [-0.3, -0.25) is 20.4 Å². The highest BCUT2D eigenvalue weighted by molar-refractivity contribution is 8.00. The third-order valence-electron chi connectivity index (χ3n) is 3.38. The molecule has 3 aromatic rings. The van der Waals surface area contributed by atoms with Crippen molar-refractivity contribution in [2.45, 2.75) is 10.1 Å². The van der Waals surface area contributed by atoms with Gasteiger partial charge in [-0.25, -0.2) is 0 Å². The third-order valence-corrected chi connectivity index (χ3v) is 5.52. The first kappa shape index (κ1) is 17.3. The topological polar surface area (TPSA) is 58.2 Å². The van der Waals surface area contributed by atoms with Crippen LogP contribution in [0.4, 0.5) is 0 Å². The summed E-state index contributed by atoms with van der Waals surface area (Å²) in [6.45, 7) is 0. The fraction of sp³-hybridized carbons (Fsp3) is 0.0526. The molecular formula is C19H16N2O2S2. The lowest BCUT2D eigenvalue weighted by Crippen LogP contribution is -2.43. The first-order valence-electron chi connectivity index (χ1n) is 7.64. The molecule has 0 spiro atoms. The smallest absolute Gasteiger partial charge is 0.272 e. The Balaban J connectivity index is 1.72. The molecule has 4 nitrogen and oxygen atoms in total. The van der Waals surface area contributed by atoms with E-state index in [0.717, 1.165) is 10.5 Å². The maximum atomic E-state index is 12.7. The van der Waals surface area contributed by atoms with E-state index in [9.17, 15) is 9.59 Å². The van der Waals surface area contributed by atoms with Gasteiger partial charge in [-0.2, -0.15) is 0 Å². The van der Waals surface area contributed by atoms with Gasteiger partial charge < -0.3 is 0 Å². The summed E-state index contributed by atoms with van der Waals surface area (Å²) >= 11 is 2.76. The van der Waals surface area contributed by atoms with Crippen LogP contribution in [0.15, 0.2) is 83.1 Å². The molecule has 6 heteroatoms. The molecule has 25 heavy (non-hydrogen) atoms. The fourth-order valence-corrected chi connectivity index (χ4v) is 3.85. The van der Waals surface area contributed by atoms with Crippen molar-refractivity contribution in [1.82, 2.24) is 10.9 Å². The molecule has 0 aliphatic heterocycles. The van der Waals surface area contributed by atoms with Gasteiger partial charge in [-0.05, 0) is 29.1 Å². The summed E-state index contributed by atoms with van der Waals surface area (Å²) in [4.78, 5) is 26.2. The zero-order valence-corrected chi connectivity index (χ0v) is 14.8. The fourth-order valence-electron chi connectivity index (χ4n) is 2.19. The van der Waals surface area contributed by atoms with Gasteiger partial charge in [-0.1, -0.05) is 54.6 Å². The summed E-state index contributed by atoms with van der Waals surface area (Å²) < 4.78 is 0. The Bertz CT molecular complexity index is 821. The number of hydrogen-bond donors (Lipinski definition) is 2. The molecule has 2 N–H and O–H groups in total. The van der Waals surface area contributed by atoms with Crippen LogP contribution in [0.1, 0.15) is 20.5 Å². The van der Waals surface area contributed by atoms with E-state index in [0.29, 0.717) is 4.88 Å². The highest BCUT2D eigenvalue weighted by Gasteiger charge is 2.22. The lowest BCUT2D eigenvalue weighted by atomic mass is 10.1. The van der Waals surface area contributed by atoms with E-state index in [2.05, 4.69) is 10.9 Å². The number of hydrazine groups is 1. The van der Waals surface area contributed by atoms with Crippen LogP contribution in [0.2, 0.25) is 0 Å². The van der Waals surface area contributed by atoms with E-state index < -0.39 is 5.25 Å². The summed E-state index contributed by atoms with van der Waals surface area (Å²) in [7, 11) is 0. The van der Waals surface area contributed by atoms with E-state index >= 15 is 0 Å².